The van der Waals surface area contributed by atoms with E-state index < -0.39 is 17.4 Å². The fourth-order valence-electron chi connectivity index (χ4n) is 5.77. The number of rotatable bonds is 11. The van der Waals surface area contributed by atoms with Crippen LogP contribution >= 0.6 is 0 Å². The van der Waals surface area contributed by atoms with Gasteiger partial charge in [-0.1, -0.05) is 146 Å². The number of benzene rings is 5. The number of carbonyl (C=O) groups is 1. The van der Waals surface area contributed by atoms with Crippen LogP contribution in [0.5, 0.6) is 0 Å². The van der Waals surface area contributed by atoms with Gasteiger partial charge >= 0.3 is 6.18 Å². The van der Waals surface area contributed by atoms with E-state index in [0.717, 1.165) is 39.6 Å². The molecule has 0 unspecified atom stereocenters. The molecule has 0 saturated carbocycles. The molecule has 0 aliphatic heterocycles. The SMILES string of the molecule is O=C(C=Cc1ccc(C(F)(F)F)nc1C=Cc1ccccc1)NCc1ccc(NC(c2ccccc2)(c2ccccc2)c2ccccc2)cc1. The van der Waals surface area contributed by atoms with E-state index in [1.807, 2.05) is 109 Å². The first-order chi connectivity index (χ1) is 24.3. The molecule has 5 aromatic carbocycles. The van der Waals surface area contributed by atoms with Gasteiger partial charge in [0, 0.05) is 23.9 Å². The zero-order valence-corrected chi connectivity index (χ0v) is 27.0. The summed E-state index contributed by atoms with van der Waals surface area (Å²) in [6.07, 6.45) is 1.37. The van der Waals surface area contributed by atoms with E-state index in [2.05, 4.69) is 52.0 Å². The van der Waals surface area contributed by atoms with Gasteiger partial charge < -0.3 is 10.6 Å². The van der Waals surface area contributed by atoms with E-state index in [4.69, 9.17) is 0 Å². The van der Waals surface area contributed by atoms with Crippen molar-refractivity contribution in [2.24, 2.45) is 0 Å². The van der Waals surface area contributed by atoms with Crippen LogP contribution in [-0.4, -0.2) is 10.9 Å². The molecule has 6 rings (SSSR count). The normalized spacial score (nSPS) is 11.9. The number of hydrogen-bond acceptors (Lipinski definition) is 3. The summed E-state index contributed by atoms with van der Waals surface area (Å²) in [5, 5.41) is 6.69. The molecular weight excluding hydrogens is 631 g/mol. The molecule has 2 N–H and O–H groups in total. The van der Waals surface area contributed by atoms with Crippen molar-refractivity contribution in [1.82, 2.24) is 10.3 Å². The van der Waals surface area contributed by atoms with Crippen LogP contribution in [0.15, 0.2) is 164 Å². The number of hydrogen-bond donors (Lipinski definition) is 2. The molecule has 1 heterocycles. The highest BCUT2D eigenvalue weighted by molar-refractivity contribution is 5.92. The predicted molar refractivity (Wildman–Crippen MR) is 195 cm³/mol. The van der Waals surface area contributed by atoms with Gasteiger partial charge in [0.2, 0.25) is 5.91 Å². The summed E-state index contributed by atoms with van der Waals surface area (Å²) in [4.78, 5) is 16.6. The predicted octanol–water partition coefficient (Wildman–Crippen LogP) is 10.0. The van der Waals surface area contributed by atoms with Crippen LogP contribution in [0, 0.1) is 0 Å². The summed E-state index contributed by atoms with van der Waals surface area (Å²) in [6.45, 7) is 0.261. The van der Waals surface area contributed by atoms with E-state index in [1.54, 1.807) is 6.08 Å². The number of nitrogens with zero attached hydrogens (tertiary/aromatic N) is 1. The van der Waals surface area contributed by atoms with Gasteiger partial charge in [-0.25, -0.2) is 4.98 Å². The Bertz CT molecular complexity index is 1970. The largest absolute Gasteiger partial charge is 0.433 e. The molecule has 0 saturated heterocycles. The van der Waals surface area contributed by atoms with E-state index in [1.165, 1.54) is 24.3 Å². The first-order valence-corrected chi connectivity index (χ1v) is 16.1. The van der Waals surface area contributed by atoms with E-state index in [0.29, 0.717) is 5.56 Å². The molecule has 4 nitrogen and oxygen atoms in total. The van der Waals surface area contributed by atoms with Crippen LogP contribution in [0.1, 0.15) is 44.8 Å². The van der Waals surface area contributed by atoms with Crippen molar-refractivity contribution in [2.45, 2.75) is 18.3 Å². The van der Waals surface area contributed by atoms with Crippen LogP contribution in [0.2, 0.25) is 0 Å². The maximum Gasteiger partial charge on any atom is 0.433 e. The topological polar surface area (TPSA) is 54.0 Å². The summed E-state index contributed by atoms with van der Waals surface area (Å²) >= 11 is 0. The third kappa shape index (κ3) is 8.08. The molecule has 0 bridgehead atoms. The summed E-state index contributed by atoms with van der Waals surface area (Å²) in [7, 11) is 0. The minimum atomic E-state index is -4.59. The lowest BCUT2D eigenvalue weighted by Gasteiger charge is -2.38. The van der Waals surface area contributed by atoms with Gasteiger partial charge in [-0.2, -0.15) is 13.2 Å². The molecule has 6 aromatic rings. The fourth-order valence-corrected chi connectivity index (χ4v) is 5.77. The Balaban J connectivity index is 1.18. The second-order valence-electron chi connectivity index (χ2n) is 11.6. The van der Waals surface area contributed by atoms with Crippen molar-refractivity contribution < 1.29 is 18.0 Å². The fraction of sp³-hybridized carbons (Fsp3) is 0.0698. The molecule has 0 aliphatic rings. The monoisotopic (exact) mass is 665 g/mol. The summed E-state index contributed by atoms with van der Waals surface area (Å²) in [6, 6.07) is 50.2. The van der Waals surface area contributed by atoms with Crippen molar-refractivity contribution in [3.8, 4) is 0 Å². The first-order valence-electron chi connectivity index (χ1n) is 16.1. The van der Waals surface area contributed by atoms with Gasteiger partial charge in [0.25, 0.3) is 0 Å². The molecule has 0 aliphatic carbocycles. The summed E-state index contributed by atoms with van der Waals surface area (Å²) in [5.74, 6) is -0.388. The minimum absolute atomic E-state index is 0.105. The van der Waals surface area contributed by atoms with Gasteiger partial charge in [-0.3, -0.25) is 4.79 Å². The van der Waals surface area contributed by atoms with Crippen LogP contribution < -0.4 is 10.6 Å². The summed E-state index contributed by atoms with van der Waals surface area (Å²) in [5.41, 5.74) is 4.65. The molecule has 1 aromatic heterocycles. The maximum absolute atomic E-state index is 13.4. The standard InChI is InChI=1S/C43H34F3N3O/c44-43(45,46)40-29-24-34(39(48-40)28-23-32-13-5-1-6-14-32)25-30-41(50)47-31-33-21-26-38(27-22-33)49-42(35-15-7-2-8-16-35,36-17-9-3-10-18-36)37-19-11-4-12-20-37/h1-30,49H,31H2,(H,47,50). The van der Waals surface area contributed by atoms with Crippen molar-refractivity contribution in [2.75, 3.05) is 5.32 Å². The second kappa shape index (κ2) is 15.3. The lowest BCUT2D eigenvalue weighted by Crippen LogP contribution is -2.38. The lowest BCUT2D eigenvalue weighted by atomic mass is 9.77. The second-order valence-corrected chi connectivity index (χ2v) is 11.6. The van der Waals surface area contributed by atoms with E-state index in [-0.39, 0.29) is 18.1 Å². The maximum atomic E-state index is 13.4. The number of aromatic nitrogens is 1. The van der Waals surface area contributed by atoms with Crippen LogP contribution in [-0.2, 0) is 23.1 Å². The number of nitrogens with one attached hydrogen (secondary N) is 2. The van der Waals surface area contributed by atoms with Gasteiger partial charge in [0.1, 0.15) is 11.2 Å². The molecule has 7 heteroatoms. The highest BCUT2D eigenvalue weighted by Gasteiger charge is 2.36. The van der Waals surface area contributed by atoms with Crippen molar-refractivity contribution >= 4 is 29.8 Å². The number of pyridine rings is 1. The zero-order valence-electron chi connectivity index (χ0n) is 27.0. The highest BCUT2D eigenvalue weighted by Crippen LogP contribution is 2.40. The Kier molecular flexibility index (Phi) is 10.3. The van der Waals surface area contributed by atoms with E-state index in [9.17, 15) is 18.0 Å². The zero-order chi connectivity index (χ0) is 34.8. The number of alkyl halides is 3. The first kappa shape index (κ1) is 33.7. The molecular formula is C43H34F3N3O. The molecule has 0 atom stereocenters. The number of halogens is 3. The number of anilines is 1. The Morgan fingerprint density at radius 3 is 1.64 bits per heavy atom. The van der Waals surface area contributed by atoms with Gasteiger partial charge in [-0.15, -0.1) is 0 Å². The summed E-state index contributed by atoms with van der Waals surface area (Å²) < 4.78 is 40.2. The molecule has 1 amide bonds. The van der Waals surface area contributed by atoms with Gasteiger partial charge in [0.05, 0.1) is 5.69 Å². The quantitative estimate of drug-likeness (QED) is 0.107. The molecule has 0 radical (unpaired) electrons. The average Bonchev–Trinajstić information content (AvgIpc) is 3.16. The van der Waals surface area contributed by atoms with Gasteiger partial charge in [0.15, 0.2) is 0 Å². The highest BCUT2D eigenvalue weighted by atomic mass is 19.4. The Hall–Kier alpha value is -6.21. The third-order valence-corrected chi connectivity index (χ3v) is 8.27. The van der Waals surface area contributed by atoms with E-state index >= 15 is 0 Å². The van der Waals surface area contributed by atoms with Crippen LogP contribution in [0.25, 0.3) is 18.2 Å². The van der Waals surface area contributed by atoms with Crippen molar-refractivity contribution in [1.29, 1.82) is 0 Å². The molecule has 50 heavy (non-hydrogen) atoms. The molecule has 0 fully saturated rings. The Morgan fingerprint density at radius 1 is 0.600 bits per heavy atom. The Labute approximate surface area is 289 Å². The third-order valence-electron chi connectivity index (χ3n) is 8.27. The number of carbonyl (C=O) groups excluding carboxylic acids is 1. The lowest BCUT2D eigenvalue weighted by molar-refractivity contribution is -0.141. The average molecular weight is 666 g/mol. The number of amides is 1. The van der Waals surface area contributed by atoms with Gasteiger partial charge in [-0.05, 0) is 58.2 Å². The van der Waals surface area contributed by atoms with Crippen molar-refractivity contribution in [3.63, 3.8) is 0 Å². The van der Waals surface area contributed by atoms with Crippen LogP contribution in [0.4, 0.5) is 18.9 Å². The molecule has 248 valence electrons. The Morgan fingerprint density at radius 2 is 1.12 bits per heavy atom. The smallest absolute Gasteiger partial charge is 0.368 e. The minimum Gasteiger partial charge on any atom is -0.368 e. The van der Waals surface area contributed by atoms with Crippen molar-refractivity contribution in [3.05, 3.63) is 209 Å². The van der Waals surface area contributed by atoms with Crippen LogP contribution in [0.3, 0.4) is 0 Å². The molecule has 0 spiro atoms.